The van der Waals surface area contributed by atoms with Gasteiger partial charge in [0.2, 0.25) is 0 Å². The molecule has 17 heavy (non-hydrogen) atoms. The van der Waals surface area contributed by atoms with Crippen LogP contribution in [0.5, 0.6) is 0 Å². The first-order valence-corrected chi connectivity index (χ1v) is 7.87. The van der Waals surface area contributed by atoms with Crippen LogP contribution in [0.3, 0.4) is 0 Å². The van der Waals surface area contributed by atoms with Crippen molar-refractivity contribution in [2.75, 3.05) is 0 Å². The lowest BCUT2D eigenvalue weighted by Crippen LogP contribution is -2.15. The highest BCUT2D eigenvalue weighted by Gasteiger charge is 2.32. The maximum Gasteiger partial charge on any atom is -0.0121 e. The molecule has 0 heterocycles. The fourth-order valence-corrected chi connectivity index (χ4v) is 3.01. The van der Waals surface area contributed by atoms with Crippen LogP contribution in [0.4, 0.5) is 0 Å². The van der Waals surface area contributed by atoms with E-state index in [4.69, 9.17) is 0 Å². The van der Waals surface area contributed by atoms with Crippen molar-refractivity contribution in [2.45, 2.75) is 85.0 Å². The van der Waals surface area contributed by atoms with Crippen LogP contribution in [0.1, 0.15) is 85.0 Å². The largest absolute Gasteiger partial charge is 0.0880 e. The zero-order valence-corrected chi connectivity index (χ0v) is 12.3. The molecule has 0 bridgehead atoms. The standard InChI is InChI=1S/C17H32/c1-4-5-6-7-8-9-10-11-14-17(3)15-12-13-16(17)2/h11,14,16H,4-10,12-13,15H2,1-3H3/b14-11-. The predicted molar refractivity (Wildman–Crippen MR) is 78.3 cm³/mol. The normalized spacial score (nSPS) is 29.2. The van der Waals surface area contributed by atoms with Gasteiger partial charge in [0.1, 0.15) is 0 Å². The molecular weight excluding hydrogens is 204 g/mol. The summed E-state index contributed by atoms with van der Waals surface area (Å²) >= 11 is 0. The molecule has 0 radical (unpaired) electrons. The molecule has 1 aliphatic carbocycles. The maximum atomic E-state index is 2.52. The molecule has 0 aliphatic heterocycles. The van der Waals surface area contributed by atoms with E-state index >= 15 is 0 Å². The second-order valence-corrected chi connectivity index (χ2v) is 6.26. The fourth-order valence-electron chi connectivity index (χ4n) is 3.01. The summed E-state index contributed by atoms with van der Waals surface area (Å²) in [5.41, 5.74) is 0.516. The molecule has 1 saturated carbocycles. The van der Waals surface area contributed by atoms with Gasteiger partial charge in [-0.05, 0) is 37.0 Å². The number of unbranched alkanes of at least 4 members (excludes halogenated alkanes) is 6. The van der Waals surface area contributed by atoms with Gasteiger partial charge < -0.3 is 0 Å². The van der Waals surface area contributed by atoms with Crippen molar-refractivity contribution >= 4 is 0 Å². The Bertz CT molecular complexity index is 216. The Morgan fingerprint density at radius 1 is 1.12 bits per heavy atom. The van der Waals surface area contributed by atoms with Gasteiger partial charge in [-0.15, -0.1) is 0 Å². The Hall–Kier alpha value is -0.260. The van der Waals surface area contributed by atoms with Crippen LogP contribution in [-0.4, -0.2) is 0 Å². The molecule has 0 heteroatoms. The SMILES string of the molecule is CCCCCCCC/C=C\C1(C)CCCC1C. The molecule has 1 fully saturated rings. The van der Waals surface area contributed by atoms with Crippen LogP contribution in [0.2, 0.25) is 0 Å². The summed E-state index contributed by atoms with van der Waals surface area (Å²) in [4.78, 5) is 0. The Morgan fingerprint density at radius 3 is 2.47 bits per heavy atom. The fraction of sp³-hybridized carbons (Fsp3) is 0.882. The molecule has 2 atom stereocenters. The van der Waals surface area contributed by atoms with Gasteiger partial charge >= 0.3 is 0 Å². The van der Waals surface area contributed by atoms with Crippen molar-refractivity contribution in [1.29, 1.82) is 0 Å². The summed E-state index contributed by atoms with van der Waals surface area (Å²) in [6.45, 7) is 7.15. The van der Waals surface area contributed by atoms with E-state index < -0.39 is 0 Å². The number of hydrogen-bond donors (Lipinski definition) is 0. The highest BCUT2D eigenvalue weighted by molar-refractivity contribution is 5.02. The molecule has 0 aromatic carbocycles. The van der Waals surface area contributed by atoms with Crippen LogP contribution in [0.25, 0.3) is 0 Å². The lowest BCUT2D eigenvalue weighted by molar-refractivity contribution is 0.330. The molecule has 1 aliphatic rings. The summed E-state index contributed by atoms with van der Waals surface area (Å²) < 4.78 is 0. The van der Waals surface area contributed by atoms with Crippen molar-refractivity contribution in [2.24, 2.45) is 11.3 Å². The molecule has 2 unspecified atom stereocenters. The summed E-state index contributed by atoms with van der Waals surface area (Å²) in [5, 5.41) is 0. The molecule has 0 spiro atoms. The maximum absolute atomic E-state index is 2.52. The second-order valence-electron chi connectivity index (χ2n) is 6.26. The Labute approximate surface area is 109 Å². The monoisotopic (exact) mass is 236 g/mol. The average molecular weight is 236 g/mol. The average Bonchev–Trinajstić information content (AvgIpc) is 2.63. The van der Waals surface area contributed by atoms with Crippen molar-refractivity contribution in [1.82, 2.24) is 0 Å². The zero-order valence-electron chi connectivity index (χ0n) is 12.3. The molecule has 0 aromatic rings. The van der Waals surface area contributed by atoms with E-state index in [1.807, 2.05) is 0 Å². The first kappa shape index (κ1) is 14.8. The minimum absolute atomic E-state index is 0.516. The lowest BCUT2D eigenvalue weighted by Gasteiger charge is -2.25. The minimum Gasteiger partial charge on any atom is -0.0880 e. The van der Waals surface area contributed by atoms with Gasteiger partial charge in [0.25, 0.3) is 0 Å². The van der Waals surface area contributed by atoms with E-state index in [2.05, 4.69) is 32.9 Å². The van der Waals surface area contributed by atoms with E-state index in [1.165, 1.54) is 64.2 Å². The molecule has 0 aromatic heterocycles. The third kappa shape index (κ3) is 5.27. The summed E-state index contributed by atoms with van der Waals surface area (Å²) in [6.07, 6.45) is 19.0. The van der Waals surface area contributed by atoms with E-state index in [0.29, 0.717) is 5.41 Å². The van der Waals surface area contributed by atoms with Crippen molar-refractivity contribution in [3.63, 3.8) is 0 Å². The molecule has 0 nitrogen and oxygen atoms in total. The Balaban J connectivity index is 2.05. The van der Waals surface area contributed by atoms with Gasteiger partial charge in [-0.3, -0.25) is 0 Å². The molecule has 0 N–H and O–H groups in total. The Morgan fingerprint density at radius 2 is 1.82 bits per heavy atom. The molecule has 0 amide bonds. The minimum atomic E-state index is 0.516. The van der Waals surface area contributed by atoms with Crippen molar-refractivity contribution in [3.05, 3.63) is 12.2 Å². The van der Waals surface area contributed by atoms with E-state index in [9.17, 15) is 0 Å². The molecular formula is C17H32. The van der Waals surface area contributed by atoms with E-state index in [0.717, 1.165) is 5.92 Å². The van der Waals surface area contributed by atoms with Crippen LogP contribution < -0.4 is 0 Å². The molecule has 100 valence electrons. The Kier molecular flexibility index (Phi) is 6.92. The second kappa shape index (κ2) is 7.95. The predicted octanol–water partition coefficient (Wildman–Crippen LogP) is 6.12. The first-order chi connectivity index (χ1) is 8.19. The summed E-state index contributed by atoms with van der Waals surface area (Å²) in [6, 6.07) is 0. The smallest absolute Gasteiger partial charge is 0.0121 e. The lowest BCUT2D eigenvalue weighted by atomic mass is 9.80. The third-order valence-electron chi connectivity index (χ3n) is 4.70. The van der Waals surface area contributed by atoms with E-state index in [1.54, 1.807) is 0 Å². The van der Waals surface area contributed by atoms with Gasteiger partial charge in [0.05, 0.1) is 0 Å². The third-order valence-corrected chi connectivity index (χ3v) is 4.70. The van der Waals surface area contributed by atoms with Crippen LogP contribution >= 0.6 is 0 Å². The number of hydrogen-bond acceptors (Lipinski definition) is 0. The number of allylic oxidation sites excluding steroid dienone is 2. The van der Waals surface area contributed by atoms with Crippen LogP contribution in [0.15, 0.2) is 12.2 Å². The summed E-state index contributed by atoms with van der Waals surface area (Å²) in [7, 11) is 0. The first-order valence-electron chi connectivity index (χ1n) is 7.87. The topological polar surface area (TPSA) is 0 Å². The van der Waals surface area contributed by atoms with Gasteiger partial charge in [-0.1, -0.05) is 71.4 Å². The zero-order chi connectivity index (χ0) is 12.6. The van der Waals surface area contributed by atoms with E-state index in [-0.39, 0.29) is 0 Å². The highest BCUT2D eigenvalue weighted by atomic mass is 14.4. The van der Waals surface area contributed by atoms with Crippen molar-refractivity contribution < 1.29 is 0 Å². The number of rotatable bonds is 8. The summed E-state index contributed by atoms with van der Waals surface area (Å²) in [5.74, 6) is 0.892. The molecule has 1 rings (SSSR count). The van der Waals surface area contributed by atoms with Crippen molar-refractivity contribution in [3.8, 4) is 0 Å². The molecule has 0 saturated heterocycles. The van der Waals surface area contributed by atoms with Gasteiger partial charge in [0, 0.05) is 0 Å². The van der Waals surface area contributed by atoms with Gasteiger partial charge in [-0.2, -0.15) is 0 Å². The quantitative estimate of drug-likeness (QED) is 0.352. The van der Waals surface area contributed by atoms with Crippen LogP contribution in [0, 0.1) is 11.3 Å². The highest BCUT2D eigenvalue weighted by Crippen LogP contribution is 2.43. The van der Waals surface area contributed by atoms with Gasteiger partial charge in [-0.25, -0.2) is 0 Å². The van der Waals surface area contributed by atoms with Crippen LogP contribution in [-0.2, 0) is 0 Å². The van der Waals surface area contributed by atoms with Gasteiger partial charge in [0.15, 0.2) is 0 Å².